The Hall–Kier alpha value is -3.75. The fraction of sp³-hybridized carbons (Fsp3) is 0.118. The number of para-hydroxylation sites is 2. The lowest BCUT2D eigenvalue weighted by molar-refractivity contribution is -0.108. The van der Waals surface area contributed by atoms with Crippen LogP contribution in [-0.4, -0.2) is 31.2 Å². The van der Waals surface area contributed by atoms with Crippen molar-refractivity contribution in [3.8, 4) is 5.75 Å². The second kappa shape index (κ2) is 7.01. The minimum absolute atomic E-state index is 0.0399. The Morgan fingerprint density at radius 1 is 1.15 bits per heavy atom. The van der Waals surface area contributed by atoms with Crippen molar-refractivity contribution in [1.29, 1.82) is 0 Å². The van der Waals surface area contributed by atoms with Gasteiger partial charge in [0.15, 0.2) is 0 Å². The van der Waals surface area contributed by atoms with Gasteiger partial charge in [0, 0.05) is 11.6 Å². The molecule has 26 heavy (non-hydrogen) atoms. The fourth-order valence-electron chi connectivity index (χ4n) is 2.46. The minimum Gasteiger partial charge on any atom is -0.710 e. The van der Waals surface area contributed by atoms with E-state index < -0.39 is 17.8 Å². The number of amidine groups is 1. The molecule has 0 aromatic heterocycles. The van der Waals surface area contributed by atoms with Gasteiger partial charge in [0.05, 0.1) is 12.2 Å². The van der Waals surface area contributed by atoms with Gasteiger partial charge in [-0.1, -0.05) is 12.1 Å². The van der Waals surface area contributed by atoms with E-state index in [4.69, 9.17) is 4.74 Å². The largest absolute Gasteiger partial charge is 0.710 e. The number of hydrogen-bond acceptors (Lipinski definition) is 6. The van der Waals surface area contributed by atoms with Crippen LogP contribution in [0.15, 0.2) is 53.6 Å². The number of rotatable bonds is 4. The highest BCUT2D eigenvalue weighted by Crippen LogP contribution is 2.11. The number of amides is 1. The summed E-state index contributed by atoms with van der Waals surface area (Å²) < 4.78 is 5.75. The first-order valence-electron chi connectivity index (χ1n) is 7.56. The number of carbonyl (C=O) groups excluding carboxylic acids is 2. The molecule has 0 aliphatic carbocycles. The number of carbonyl (C=O) groups is 2. The standard InChI is InChI=1S/C17H14N4O5/c1-26-12-8-6-11(7-9-12)17(23)19-18-16-15(10-22)20(24)13-4-2-3-5-14(13)21(16)25/h2-10,15H,1H3,(H,19,23). The molecule has 1 amide bonds. The van der Waals surface area contributed by atoms with Crippen molar-refractivity contribution in [3.63, 3.8) is 0 Å². The lowest BCUT2D eigenvalue weighted by Gasteiger charge is -2.17. The third kappa shape index (κ3) is 2.97. The van der Waals surface area contributed by atoms with Gasteiger partial charge in [0.1, 0.15) is 5.75 Å². The second-order valence-electron chi connectivity index (χ2n) is 5.33. The second-order valence-corrected chi connectivity index (χ2v) is 5.33. The van der Waals surface area contributed by atoms with Crippen LogP contribution >= 0.6 is 0 Å². The van der Waals surface area contributed by atoms with Crippen molar-refractivity contribution >= 4 is 18.0 Å². The van der Waals surface area contributed by atoms with Gasteiger partial charge in [-0.15, -0.1) is 5.43 Å². The summed E-state index contributed by atoms with van der Waals surface area (Å²) in [5.41, 5.74) is 2.46. The molecule has 3 rings (SSSR count). The van der Waals surface area contributed by atoms with Crippen LogP contribution in [0.25, 0.3) is 0 Å². The molecule has 1 atom stereocenters. The van der Waals surface area contributed by atoms with Crippen molar-refractivity contribution < 1.29 is 14.3 Å². The van der Waals surface area contributed by atoms with E-state index in [0.717, 1.165) is 0 Å². The van der Waals surface area contributed by atoms with Crippen LogP contribution in [0.2, 0.25) is 0 Å². The molecule has 2 aromatic rings. The molecule has 0 bridgehead atoms. The van der Waals surface area contributed by atoms with E-state index in [1.165, 1.54) is 31.4 Å². The van der Waals surface area contributed by atoms with Crippen molar-refractivity contribution in [2.24, 2.45) is 5.10 Å². The average Bonchev–Trinajstić information content (AvgIpc) is 2.69. The molecule has 132 valence electrons. The Morgan fingerprint density at radius 2 is 1.81 bits per heavy atom. The third-order valence-corrected chi connectivity index (χ3v) is 3.82. The van der Waals surface area contributed by atoms with E-state index in [2.05, 4.69) is 10.5 Å². The smallest absolute Gasteiger partial charge is 0.405 e. The van der Waals surface area contributed by atoms with Crippen LogP contribution in [0.3, 0.4) is 0 Å². The minimum atomic E-state index is -1.46. The number of nitrogens with zero attached hydrogens (tertiary/aromatic N) is 3. The highest BCUT2D eigenvalue weighted by molar-refractivity contribution is 6.02. The first kappa shape index (κ1) is 17.1. The quantitative estimate of drug-likeness (QED) is 0.327. The maximum absolute atomic E-state index is 12.5. The van der Waals surface area contributed by atoms with Gasteiger partial charge < -0.3 is 15.2 Å². The lowest BCUT2D eigenvalue weighted by atomic mass is 10.2. The van der Waals surface area contributed by atoms with Gasteiger partial charge in [-0.3, -0.25) is 9.59 Å². The van der Waals surface area contributed by atoms with E-state index in [1.54, 1.807) is 24.3 Å². The average molecular weight is 354 g/mol. The van der Waals surface area contributed by atoms with Gasteiger partial charge in [-0.2, -0.15) is 4.74 Å². The maximum Gasteiger partial charge on any atom is 0.405 e. The molecule has 1 unspecified atom stereocenters. The molecule has 1 N–H and O–H groups in total. The van der Waals surface area contributed by atoms with Crippen LogP contribution < -0.4 is 30.4 Å². The maximum atomic E-state index is 12.5. The Labute approximate surface area is 147 Å². The van der Waals surface area contributed by atoms with E-state index in [-0.39, 0.29) is 16.3 Å². The molecule has 0 saturated carbocycles. The zero-order valence-corrected chi connectivity index (χ0v) is 13.7. The van der Waals surface area contributed by atoms with Crippen LogP contribution in [0.1, 0.15) is 10.4 Å². The summed E-state index contributed by atoms with van der Waals surface area (Å²) in [7, 11) is 1.50. The summed E-state index contributed by atoms with van der Waals surface area (Å²) in [5, 5.41) is 28.6. The molecule has 9 heteroatoms. The van der Waals surface area contributed by atoms with Gasteiger partial charge in [-0.05, 0) is 30.3 Å². The molecule has 0 fully saturated rings. The summed E-state index contributed by atoms with van der Waals surface area (Å²) in [6, 6.07) is 10.7. The van der Waals surface area contributed by atoms with Crippen molar-refractivity contribution in [1.82, 2.24) is 14.9 Å². The molecule has 1 aliphatic heterocycles. The van der Waals surface area contributed by atoms with Gasteiger partial charge >= 0.3 is 11.9 Å². The lowest BCUT2D eigenvalue weighted by Crippen LogP contribution is -2.60. The SMILES string of the molecule is COc1ccc(C(=O)NN=C2C(C=O)[N+]([O-])=c3ccccc3=[N+]2[O-])cc1. The molecule has 0 radical (unpaired) electrons. The number of aldehydes is 1. The van der Waals surface area contributed by atoms with E-state index in [1.807, 2.05) is 0 Å². The van der Waals surface area contributed by atoms with Crippen LogP contribution in [0.4, 0.5) is 0 Å². The van der Waals surface area contributed by atoms with E-state index in [9.17, 15) is 20.0 Å². The first-order valence-corrected chi connectivity index (χ1v) is 7.56. The van der Waals surface area contributed by atoms with E-state index >= 15 is 0 Å². The van der Waals surface area contributed by atoms with Gasteiger partial charge in [-0.25, -0.2) is 4.74 Å². The number of ether oxygens (including phenoxy) is 1. The molecule has 1 aliphatic rings. The van der Waals surface area contributed by atoms with Crippen molar-refractivity contribution in [2.75, 3.05) is 7.11 Å². The predicted molar refractivity (Wildman–Crippen MR) is 92.6 cm³/mol. The topological polar surface area (TPSA) is 120 Å². The number of nitrogens with one attached hydrogen (secondary N) is 1. The summed E-state index contributed by atoms with van der Waals surface area (Å²) in [5.74, 6) is -0.449. The Kier molecular flexibility index (Phi) is 4.61. The van der Waals surface area contributed by atoms with Crippen LogP contribution in [-0.2, 0) is 4.79 Å². The highest BCUT2D eigenvalue weighted by Gasteiger charge is 2.36. The number of hydroxylamine groups is 2. The van der Waals surface area contributed by atoms with Crippen LogP contribution in [0.5, 0.6) is 5.75 Å². The Balaban J connectivity index is 1.96. The van der Waals surface area contributed by atoms with Gasteiger partial charge in [0.2, 0.25) is 11.6 Å². The summed E-state index contributed by atoms with van der Waals surface area (Å²) in [6.45, 7) is 0. The van der Waals surface area contributed by atoms with Crippen molar-refractivity contribution in [2.45, 2.75) is 6.04 Å². The number of fused-ring (bicyclic) bond motifs is 1. The molecule has 9 nitrogen and oxygen atoms in total. The van der Waals surface area contributed by atoms with Crippen molar-refractivity contribution in [3.05, 3.63) is 75.2 Å². The Morgan fingerprint density at radius 3 is 2.42 bits per heavy atom. The zero-order valence-electron chi connectivity index (χ0n) is 13.7. The number of hydrazone groups is 1. The number of hydrogen-bond donors (Lipinski definition) is 1. The molecule has 2 aromatic carbocycles. The normalized spacial score (nSPS) is 17.6. The molecule has 0 saturated heterocycles. The summed E-state index contributed by atoms with van der Waals surface area (Å²) >= 11 is 0. The molecular formula is C17H14N4O5. The highest BCUT2D eigenvalue weighted by atomic mass is 16.5. The summed E-state index contributed by atoms with van der Waals surface area (Å²) in [4.78, 5) is 23.5. The predicted octanol–water partition coefficient (Wildman–Crippen LogP) is -1.00. The van der Waals surface area contributed by atoms with E-state index in [0.29, 0.717) is 21.5 Å². The Bertz CT molecular complexity index is 1010. The first-order chi connectivity index (χ1) is 12.6. The molecular weight excluding hydrogens is 340 g/mol. The monoisotopic (exact) mass is 354 g/mol. The third-order valence-electron chi connectivity index (χ3n) is 3.82. The molecule has 0 spiro atoms. The zero-order chi connectivity index (χ0) is 18.7. The summed E-state index contributed by atoms with van der Waals surface area (Å²) in [6.07, 6.45) is 0.298. The molecule has 1 heterocycles. The van der Waals surface area contributed by atoms with Crippen LogP contribution in [0, 0.1) is 10.4 Å². The number of benzene rings is 2. The number of methoxy groups -OCH3 is 1. The van der Waals surface area contributed by atoms with Gasteiger partial charge in [0.25, 0.3) is 11.3 Å². The fourth-order valence-corrected chi connectivity index (χ4v) is 2.46.